The number of hydrogen-bond donors (Lipinski definition) is 1. The predicted molar refractivity (Wildman–Crippen MR) is 116 cm³/mol. The van der Waals surface area contributed by atoms with E-state index in [9.17, 15) is 9.59 Å². The number of thioether (sulfide) groups is 1. The number of amides is 1. The second-order valence-electron chi connectivity index (χ2n) is 8.27. The third-order valence-corrected chi connectivity index (χ3v) is 7.48. The van der Waals surface area contributed by atoms with E-state index in [0.717, 1.165) is 5.56 Å². The van der Waals surface area contributed by atoms with Gasteiger partial charge in [-0.3, -0.25) is 19.1 Å². The number of fused-ring (bicyclic) bond motifs is 1. The summed E-state index contributed by atoms with van der Waals surface area (Å²) in [6.07, 6.45) is 4.79. The predicted octanol–water partition coefficient (Wildman–Crippen LogP) is 3.05. The summed E-state index contributed by atoms with van der Waals surface area (Å²) in [5, 5.41) is 3.61. The summed E-state index contributed by atoms with van der Waals surface area (Å²) in [7, 11) is 0. The maximum Gasteiger partial charge on any atom is 0.260 e. The fourth-order valence-electron chi connectivity index (χ4n) is 3.71. The van der Waals surface area contributed by atoms with Crippen LogP contribution in [0.4, 0.5) is 0 Å². The molecule has 0 spiro atoms. The van der Waals surface area contributed by atoms with Gasteiger partial charge in [-0.2, -0.15) is 0 Å². The van der Waals surface area contributed by atoms with Gasteiger partial charge < -0.3 is 10.1 Å². The molecular formula is C22H25N3O3S. The largest absolute Gasteiger partial charge is 0.493 e. The van der Waals surface area contributed by atoms with E-state index >= 15 is 0 Å². The van der Waals surface area contributed by atoms with Gasteiger partial charge in [0.05, 0.1) is 12.1 Å². The topological polar surface area (TPSA) is 72.7 Å². The molecule has 3 aliphatic rings. The number of pyridine rings is 1. The van der Waals surface area contributed by atoms with E-state index in [2.05, 4.69) is 5.32 Å². The Hall–Kier alpha value is -2.54. The van der Waals surface area contributed by atoms with Crippen LogP contribution in [-0.2, 0) is 11.3 Å². The molecular weight excluding hydrogens is 386 g/mol. The fraction of sp³-hybridized carbons (Fsp3) is 0.409. The molecule has 5 rings (SSSR count). The monoisotopic (exact) mass is 411 g/mol. The van der Waals surface area contributed by atoms with E-state index in [-0.39, 0.29) is 12.9 Å². The van der Waals surface area contributed by atoms with Gasteiger partial charge in [0.1, 0.15) is 10.5 Å². The molecule has 29 heavy (non-hydrogen) atoms. The third-order valence-electron chi connectivity index (χ3n) is 5.89. The standard InChI is InChI=1S/C22H23N3O3S.H2/c1-21-14-22(21,19(27)23-12-15-5-3-2-4-6-15)29-20(24-21)25-10-9-17(11-18(25)26)28-13-16-7-8-16;/h2-6,9-11,16H,7-8,12-14H2,1H3,(H,23,27);1H. The van der Waals surface area contributed by atoms with Gasteiger partial charge in [0.2, 0.25) is 5.91 Å². The number of nitrogens with one attached hydrogen (secondary N) is 1. The van der Waals surface area contributed by atoms with Crippen molar-refractivity contribution in [2.45, 2.75) is 43.0 Å². The smallest absolute Gasteiger partial charge is 0.260 e. The van der Waals surface area contributed by atoms with Crippen LogP contribution in [-0.4, -0.2) is 32.5 Å². The van der Waals surface area contributed by atoms with Crippen LogP contribution in [0.15, 0.2) is 58.4 Å². The Morgan fingerprint density at radius 2 is 2.14 bits per heavy atom. The molecule has 1 N–H and O–H groups in total. The number of hydrogen-bond acceptors (Lipinski definition) is 5. The van der Waals surface area contributed by atoms with Gasteiger partial charge in [0.15, 0.2) is 5.17 Å². The number of rotatable bonds is 6. The average molecular weight is 412 g/mol. The van der Waals surface area contributed by atoms with E-state index < -0.39 is 10.3 Å². The number of aliphatic imine (C=N–C) groups is 1. The lowest BCUT2D eigenvalue weighted by molar-refractivity contribution is -0.121. The van der Waals surface area contributed by atoms with Crippen molar-refractivity contribution in [3.63, 3.8) is 0 Å². The van der Waals surface area contributed by atoms with Crippen LogP contribution in [0.1, 0.15) is 33.2 Å². The van der Waals surface area contributed by atoms with Crippen molar-refractivity contribution in [1.82, 2.24) is 9.88 Å². The van der Waals surface area contributed by atoms with Crippen molar-refractivity contribution in [3.05, 3.63) is 64.6 Å². The Morgan fingerprint density at radius 1 is 1.34 bits per heavy atom. The first-order valence-electron chi connectivity index (χ1n) is 9.96. The van der Waals surface area contributed by atoms with E-state index in [1.165, 1.54) is 35.2 Å². The molecule has 0 saturated heterocycles. The van der Waals surface area contributed by atoms with E-state index in [1.54, 1.807) is 12.3 Å². The molecule has 1 aliphatic heterocycles. The molecule has 7 heteroatoms. The number of benzene rings is 1. The SMILES string of the molecule is CC12CC1(C(=O)NCc1ccccc1)SC(n1ccc(OCC3CC3)cc1=O)=N2.[HH]. The number of ether oxygens (including phenoxy) is 1. The lowest BCUT2D eigenvalue weighted by Crippen LogP contribution is -2.37. The first-order chi connectivity index (χ1) is 14.0. The van der Waals surface area contributed by atoms with Gasteiger partial charge >= 0.3 is 0 Å². The lowest BCUT2D eigenvalue weighted by Gasteiger charge is -2.14. The highest BCUT2D eigenvalue weighted by atomic mass is 32.2. The van der Waals surface area contributed by atoms with Crippen LogP contribution >= 0.6 is 11.8 Å². The Balaban J connectivity index is 0.00000218. The minimum Gasteiger partial charge on any atom is -0.493 e. The van der Waals surface area contributed by atoms with Crippen molar-refractivity contribution < 1.29 is 11.0 Å². The van der Waals surface area contributed by atoms with Gasteiger partial charge in [0, 0.05) is 26.7 Å². The Bertz CT molecular complexity index is 1050. The van der Waals surface area contributed by atoms with Crippen molar-refractivity contribution >= 4 is 22.8 Å². The highest BCUT2D eigenvalue weighted by Gasteiger charge is 2.74. The minimum atomic E-state index is -0.627. The summed E-state index contributed by atoms with van der Waals surface area (Å²) >= 11 is 1.39. The first kappa shape index (κ1) is 18.5. The molecule has 1 aromatic heterocycles. The summed E-state index contributed by atoms with van der Waals surface area (Å²) in [5.41, 5.74) is 0.407. The molecule has 2 unspecified atom stereocenters. The Kier molecular flexibility index (Phi) is 4.31. The molecule has 0 radical (unpaired) electrons. The maximum absolute atomic E-state index is 12.9. The van der Waals surface area contributed by atoms with Gasteiger partial charge in [-0.05, 0) is 37.3 Å². The zero-order valence-electron chi connectivity index (χ0n) is 16.3. The molecule has 1 aromatic carbocycles. The van der Waals surface area contributed by atoms with Gasteiger partial charge in [-0.15, -0.1) is 0 Å². The van der Waals surface area contributed by atoms with E-state index in [4.69, 9.17) is 9.73 Å². The van der Waals surface area contributed by atoms with Gasteiger partial charge in [-0.25, -0.2) is 0 Å². The van der Waals surface area contributed by atoms with Crippen LogP contribution in [0, 0.1) is 5.92 Å². The second kappa shape index (κ2) is 6.76. The average Bonchev–Trinajstić information content (AvgIpc) is 3.62. The number of nitrogens with zero attached hydrogens (tertiary/aromatic N) is 2. The molecule has 0 bridgehead atoms. The normalized spacial score (nSPS) is 27.1. The van der Waals surface area contributed by atoms with Crippen LogP contribution in [0.5, 0.6) is 5.75 Å². The molecule has 2 saturated carbocycles. The summed E-state index contributed by atoms with van der Waals surface area (Å²) in [6.45, 7) is 3.13. The third kappa shape index (κ3) is 3.37. The minimum absolute atomic E-state index is 0. The number of carbonyl (C=O) groups excluding carboxylic acids is 1. The highest BCUT2D eigenvalue weighted by Crippen LogP contribution is 2.64. The van der Waals surface area contributed by atoms with E-state index in [0.29, 0.717) is 36.4 Å². The van der Waals surface area contributed by atoms with Crippen molar-refractivity contribution in [3.8, 4) is 5.75 Å². The number of carbonyl (C=O) groups is 1. The van der Waals surface area contributed by atoms with Gasteiger partial charge in [0.25, 0.3) is 5.56 Å². The highest BCUT2D eigenvalue weighted by molar-refractivity contribution is 8.16. The molecule has 2 atom stereocenters. The molecule has 152 valence electrons. The molecule has 2 fully saturated rings. The zero-order chi connectivity index (χ0) is 20.1. The lowest BCUT2D eigenvalue weighted by atomic mass is 10.2. The maximum atomic E-state index is 12.9. The second-order valence-corrected chi connectivity index (χ2v) is 9.53. The molecule has 2 aliphatic carbocycles. The molecule has 6 nitrogen and oxygen atoms in total. The number of aromatic nitrogens is 1. The first-order valence-corrected chi connectivity index (χ1v) is 10.8. The molecule has 1 amide bonds. The Labute approximate surface area is 174 Å². The van der Waals surface area contributed by atoms with Gasteiger partial charge in [-0.1, -0.05) is 42.1 Å². The van der Waals surface area contributed by atoms with E-state index in [1.807, 2.05) is 37.3 Å². The molecule has 2 heterocycles. The van der Waals surface area contributed by atoms with Crippen LogP contribution in [0.3, 0.4) is 0 Å². The van der Waals surface area contributed by atoms with Crippen LogP contribution in [0.2, 0.25) is 0 Å². The van der Waals surface area contributed by atoms with Crippen molar-refractivity contribution in [2.24, 2.45) is 10.9 Å². The Morgan fingerprint density at radius 3 is 2.86 bits per heavy atom. The fourth-order valence-corrected chi connectivity index (χ4v) is 5.30. The summed E-state index contributed by atoms with van der Waals surface area (Å²) in [6, 6.07) is 13.1. The van der Waals surface area contributed by atoms with Crippen molar-refractivity contribution in [1.29, 1.82) is 0 Å². The summed E-state index contributed by atoms with van der Waals surface area (Å²) in [4.78, 5) is 30.3. The van der Waals surface area contributed by atoms with Crippen LogP contribution < -0.4 is 15.6 Å². The summed E-state index contributed by atoms with van der Waals surface area (Å²) < 4.78 is 6.57. The molecule has 2 aromatic rings. The summed E-state index contributed by atoms with van der Waals surface area (Å²) in [5.74, 6) is 1.20. The zero-order valence-corrected chi connectivity index (χ0v) is 17.1. The van der Waals surface area contributed by atoms with Crippen molar-refractivity contribution in [2.75, 3.05) is 6.61 Å². The quantitative estimate of drug-likeness (QED) is 0.793. The van der Waals surface area contributed by atoms with Crippen LogP contribution in [0.25, 0.3) is 0 Å².